The first-order valence-electron chi connectivity index (χ1n) is 11.5. The standard InChI is InChI=1S/C23H35N3O4S/c1-3-5-6-18-7-9-21(10-8-18)26-17-19(16-22(26)27)23(28)24-20-11-13-25(14-12-20)31(29,30)15-4-2/h7-10,19-20H,3-6,11-17H2,1-2H3,(H,24,28). The van der Waals surface area contributed by atoms with Gasteiger partial charge in [-0.05, 0) is 49.8 Å². The van der Waals surface area contributed by atoms with Crippen LogP contribution >= 0.6 is 0 Å². The van der Waals surface area contributed by atoms with Gasteiger partial charge in [0.25, 0.3) is 0 Å². The molecule has 0 aromatic heterocycles. The topological polar surface area (TPSA) is 86.8 Å². The summed E-state index contributed by atoms with van der Waals surface area (Å²) in [6.45, 7) is 5.29. The lowest BCUT2D eigenvalue weighted by Crippen LogP contribution is -2.48. The van der Waals surface area contributed by atoms with Crippen molar-refractivity contribution in [1.82, 2.24) is 9.62 Å². The fourth-order valence-electron chi connectivity index (χ4n) is 4.34. The van der Waals surface area contributed by atoms with Crippen LogP contribution in [-0.4, -0.2) is 56.0 Å². The summed E-state index contributed by atoms with van der Waals surface area (Å²) in [6, 6.07) is 8.02. The summed E-state index contributed by atoms with van der Waals surface area (Å²) in [5.41, 5.74) is 2.11. The minimum atomic E-state index is -3.19. The average Bonchev–Trinajstić information content (AvgIpc) is 3.15. The fraction of sp³-hybridized carbons (Fsp3) is 0.652. The first-order chi connectivity index (χ1) is 14.8. The number of hydrogen-bond donors (Lipinski definition) is 1. The lowest BCUT2D eigenvalue weighted by atomic mass is 10.0. The van der Waals surface area contributed by atoms with Gasteiger partial charge in [0.05, 0.1) is 11.7 Å². The summed E-state index contributed by atoms with van der Waals surface area (Å²) >= 11 is 0. The number of aryl methyl sites for hydroxylation is 1. The third kappa shape index (κ3) is 6.07. The van der Waals surface area contributed by atoms with Gasteiger partial charge in [0.2, 0.25) is 21.8 Å². The average molecular weight is 450 g/mol. The van der Waals surface area contributed by atoms with Crippen molar-refractivity contribution in [2.75, 3.05) is 30.3 Å². The van der Waals surface area contributed by atoms with Crippen LogP contribution in [0.3, 0.4) is 0 Å². The highest BCUT2D eigenvalue weighted by atomic mass is 32.2. The van der Waals surface area contributed by atoms with E-state index in [0.29, 0.717) is 38.9 Å². The quantitative estimate of drug-likeness (QED) is 0.628. The van der Waals surface area contributed by atoms with E-state index >= 15 is 0 Å². The van der Waals surface area contributed by atoms with Crippen molar-refractivity contribution in [1.29, 1.82) is 0 Å². The number of benzene rings is 1. The number of nitrogens with zero attached hydrogens (tertiary/aromatic N) is 2. The minimum Gasteiger partial charge on any atom is -0.353 e. The van der Waals surface area contributed by atoms with Crippen molar-refractivity contribution >= 4 is 27.5 Å². The fourth-order valence-corrected chi connectivity index (χ4v) is 5.88. The van der Waals surface area contributed by atoms with Crippen LogP contribution in [0.25, 0.3) is 0 Å². The monoisotopic (exact) mass is 449 g/mol. The summed E-state index contributed by atoms with van der Waals surface area (Å²) in [5, 5.41) is 3.05. The Morgan fingerprint density at radius 1 is 1.10 bits per heavy atom. The molecular weight excluding hydrogens is 414 g/mol. The molecule has 2 heterocycles. The van der Waals surface area contributed by atoms with Gasteiger partial charge in [0.1, 0.15) is 0 Å². The summed E-state index contributed by atoms with van der Waals surface area (Å²) in [7, 11) is -3.19. The predicted molar refractivity (Wildman–Crippen MR) is 122 cm³/mol. The molecule has 2 fully saturated rings. The molecular formula is C23H35N3O4S. The molecule has 2 aliphatic rings. The van der Waals surface area contributed by atoms with Crippen molar-refractivity contribution in [3.8, 4) is 0 Å². The third-order valence-corrected chi connectivity index (χ3v) is 8.29. The molecule has 0 saturated carbocycles. The Morgan fingerprint density at radius 2 is 1.77 bits per heavy atom. The molecule has 0 bridgehead atoms. The maximum absolute atomic E-state index is 12.8. The van der Waals surface area contributed by atoms with E-state index in [2.05, 4.69) is 24.4 Å². The molecule has 2 saturated heterocycles. The molecule has 0 radical (unpaired) electrons. The number of amides is 2. The molecule has 7 nitrogen and oxygen atoms in total. The van der Waals surface area contributed by atoms with Crippen LogP contribution in [0.1, 0.15) is 57.9 Å². The van der Waals surface area contributed by atoms with E-state index in [0.717, 1.165) is 24.9 Å². The van der Waals surface area contributed by atoms with Crippen molar-refractivity contribution in [3.63, 3.8) is 0 Å². The number of carbonyl (C=O) groups excluding carboxylic acids is 2. The molecule has 2 aliphatic heterocycles. The Balaban J connectivity index is 1.50. The van der Waals surface area contributed by atoms with E-state index in [4.69, 9.17) is 0 Å². The van der Waals surface area contributed by atoms with Crippen molar-refractivity contribution in [3.05, 3.63) is 29.8 Å². The van der Waals surface area contributed by atoms with Crippen LogP contribution in [-0.2, 0) is 26.0 Å². The number of nitrogens with one attached hydrogen (secondary N) is 1. The van der Waals surface area contributed by atoms with Crippen LogP contribution in [0.5, 0.6) is 0 Å². The zero-order valence-electron chi connectivity index (χ0n) is 18.7. The maximum atomic E-state index is 12.8. The van der Waals surface area contributed by atoms with Crippen LogP contribution in [0, 0.1) is 5.92 Å². The molecule has 172 valence electrons. The molecule has 0 aliphatic carbocycles. The van der Waals surface area contributed by atoms with Crippen LogP contribution < -0.4 is 10.2 Å². The molecule has 8 heteroatoms. The SMILES string of the molecule is CCCCc1ccc(N2CC(C(=O)NC3CCN(S(=O)(=O)CCC)CC3)CC2=O)cc1. The van der Waals surface area contributed by atoms with Gasteiger partial charge in [-0.15, -0.1) is 0 Å². The Hall–Kier alpha value is -1.93. The lowest BCUT2D eigenvalue weighted by molar-refractivity contribution is -0.127. The predicted octanol–water partition coefficient (Wildman–Crippen LogP) is 2.70. The number of anilines is 1. The number of unbranched alkanes of at least 4 members (excludes halogenated alkanes) is 1. The van der Waals surface area contributed by atoms with Gasteiger partial charge in [0.15, 0.2) is 0 Å². The second kappa shape index (κ2) is 10.6. The van der Waals surface area contributed by atoms with E-state index in [9.17, 15) is 18.0 Å². The molecule has 1 aromatic rings. The molecule has 1 unspecified atom stereocenters. The summed E-state index contributed by atoms with van der Waals surface area (Å²) in [4.78, 5) is 27.0. The van der Waals surface area contributed by atoms with Crippen molar-refractivity contribution < 1.29 is 18.0 Å². The summed E-state index contributed by atoms with van der Waals surface area (Å²) in [6.07, 6.45) is 5.37. The second-order valence-electron chi connectivity index (χ2n) is 8.67. The highest BCUT2D eigenvalue weighted by molar-refractivity contribution is 7.89. The Labute approximate surface area is 186 Å². The normalized spacial score (nSPS) is 20.9. The van der Waals surface area contributed by atoms with Crippen molar-refractivity contribution in [2.24, 2.45) is 5.92 Å². The van der Waals surface area contributed by atoms with Crippen LogP contribution in [0.2, 0.25) is 0 Å². The summed E-state index contributed by atoms with van der Waals surface area (Å²) < 4.78 is 25.9. The second-order valence-corrected chi connectivity index (χ2v) is 10.8. The Bertz CT molecular complexity index is 861. The first kappa shape index (κ1) is 23.7. The van der Waals surface area contributed by atoms with E-state index < -0.39 is 10.0 Å². The molecule has 0 spiro atoms. The number of rotatable bonds is 9. The minimum absolute atomic E-state index is 0.0260. The zero-order chi connectivity index (χ0) is 22.4. The third-order valence-electron chi connectivity index (χ3n) is 6.22. The van der Waals surface area contributed by atoms with Gasteiger partial charge >= 0.3 is 0 Å². The van der Waals surface area contributed by atoms with Gasteiger partial charge in [-0.3, -0.25) is 9.59 Å². The van der Waals surface area contributed by atoms with E-state index in [1.807, 2.05) is 19.1 Å². The Kier molecular flexibility index (Phi) is 8.11. The van der Waals surface area contributed by atoms with Crippen molar-refractivity contribution in [2.45, 2.75) is 64.8 Å². The zero-order valence-corrected chi connectivity index (χ0v) is 19.5. The van der Waals surface area contributed by atoms with Gasteiger partial charge < -0.3 is 10.2 Å². The number of carbonyl (C=O) groups is 2. The molecule has 2 amide bonds. The van der Waals surface area contributed by atoms with E-state index in [1.54, 1.807) is 4.90 Å². The number of sulfonamides is 1. The van der Waals surface area contributed by atoms with Gasteiger partial charge in [-0.1, -0.05) is 32.4 Å². The van der Waals surface area contributed by atoms with E-state index in [-0.39, 0.29) is 35.9 Å². The molecule has 31 heavy (non-hydrogen) atoms. The number of piperidine rings is 1. The van der Waals surface area contributed by atoms with Crippen LogP contribution in [0.15, 0.2) is 24.3 Å². The van der Waals surface area contributed by atoms with E-state index in [1.165, 1.54) is 9.87 Å². The van der Waals surface area contributed by atoms with Crippen LogP contribution in [0.4, 0.5) is 5.69 Å². The highest BCUT2D eigenvalue weighted by Gasteiger charge is 2.36. The van der Waals surface area contributed by atoms with Gasteiger partial charge in [0, 0.05) is 37.8 Å². The number of hydrogen-bond acceptors (Lipinski definition) is 4. The molecule has 1 atom stereocenters. The summed E-state index contributed by atoms with van der Waals surface area (Å²) in [5.74, 6) is -0.328. The molecule has 3 rings (SSSR count). The highest BCUT2D eigenvalue weighted by Crippen LogP contribution is 2.26. The maximum Gasteiger partial charge on any atom is 0.227 e. The smallest absolute Gasteiger partial charge is 0.227 e. The first-order valence-corrected chi connectivity index (χ1v) is 13.1. The lowest BCUT2D eigenvalue weighted by Gasteiger charge is -2.32. The molecule has 1 aromatic carbocycles. The molecule has 1 N–H and O–H groups in total. The van der Waals surface area contributed by atoms with Gasteiger partial charge in [-0.2, -0.15) is 0 Å². The Morgan fingerprint density at radius 3 is 2.39 bits per heavy atom. The van der Waals surface area contributed by atoms with Gasteiger partial charge in [-0.25, -0.2) is 12.7 Å². The largest absolute Gasteiger partial charge is 0.353 e.